The lowest BCUT2D eigenvalue weighted by Crippen LogP contribution is -2.46. The molecule has 9 nitrogen and oxygen atoms in total. The van der Waals surface area contributed by atoms with Crippen LogP contribution in [0.2, 0.25) is 0 Å². The topological polar surface area (TPSA) is 106 Å². The molecule has 4 heterocycles. The van der Waals surface area contributed by atoms with Crippen LogP contribution < -0.4 is 4.90 Å². The van der Waals surface area contributed by atoms with Crippen molar-refractivity contribution in [2.45, 2.75) is 19.4 Å². The van der Waals surface area contributed by atoms with Gasteiger partial charge in [0.05, 0.1) is 24.1 Å². The molecule has 2 aliphatic rings. The number of imidazole rings is 1. The molecule has 0 bridgehead atoms. The molecular formula is C27H26N8O. The smallest absolute Gasteiger partial charge is 0.147 e. The van der Waals surface area contributed by atoms with Crippen LogP contribution >= 0.6 is 0 Å². The van der Waals surface area contributed by atoms with E-state index in [1.807, 2.05) is 18.3 Å². The summed E-state index contributed by atoms with van der Waals surface area (Å²) in [5.74, 6) is 4.58. The third-order valence-corrected chi connectivity index (χ3v) is 6.87. The van der Waals surface area contributed by atoms with Crippen LogP contribution in [0.25, 0.3) is 28.1 Å². The summed E-state index contributed by atoms with van der Waals surface area (Å²) in [4.78, 5) is 26.2. The molecule has 1 aliphatic carbocycles. The Morgan fingerprint density at radius 2 is 1.81 bits per heavy atom. The number of hydrogen-bond donors (Lipinski definition) is 2. The van der Waals surface area contributed by atoms with Crippen LogP contribution in [0.15, 0.2) is 66.5 Å². The Kier molecular flexibility index (Phi) is 5.99. The van der Waals surface area contributed by atoms with Crippen molar-refractivity contribution < 1.29 is 5.21 Å². The van der Waals surface area contributed by atoms with E-state index in [4.69, 9.17) is 10.2 Å². The first-order valence-corrected chi connectivity index (χ1v) is 12.1. The minimum Gasteiger partial charge on any atom is -0.404 e. The predicted octanol–water partition coefficient (Wildman–Crippen LogP) is 3.64. The number of benzene rings is 1. The maximum absolute atomic E-state index is 8.92. The Bertz CT molecular complexity index is 1420. The standard InChI is InChI=1S/C27H26N8O/c36-31-16-22-2-1-20-15-21(3-4-23(20)22)27-26(19-5-7-28-8-6-19)32-24(33-27)18-34-11-13-35(14-12-34)25-17-29-9-10-30-25/h3-10,15,17,36H,1-2,11-14,18H2,(H,32,33). The van der Waals surface area contributed by atoms with Gasteiger partial charge in [0.2, 0.25) is 0 Å². The molecule has 0 amide bonds. The van der Waals surface area contributed by atoms with Crippen molar-refractivity contribution in [1.29, 1.82) is 0 Å². The lowest BCUT2D eigenvalue weighted by molar-refractivity contribution is 0.244. The minimum atomic E-state index is 0.747. The number of piperazine rings is 1. The first-order chi connectivity index (χ1) is 17.8. The zero-order valence-electron chi connectivity index (χ0n) is 19.8. The zero-order chi connectivity index (χ0) is 24.3. The number of anilines is 1. The number of hydrogen-bond acceptors (Lipinski definition) is 8. The van der Waals surface area contributed by atoms with E-state index in [1.54, 1.807) is 24.8 Å². The van der Waals surface area contributed by atoms with Gasteiger partial charge in [-0.3, -0.25) is 14.9 Å². The highest BCUT2D eigenvalue weighted by atomic mass is 16.4. The SMILES string of the molecule is ON=C=C1CCc2cc(-c3nc(CN4CCN(c5cnccn5)CC4)[nH]c3-c3ccncc3)ccc21. The van der Waals surface area contributed by atoms with Gasteiger partial charge in [-0.1, -0.05) is 12.1 Å². The molecule has 3 aromatic heterocycles. The fourth-order valence-corrected chi connectivity index (χ4v) is 5.05. The largest absolute Gasteiger partial charge is 0.404 e. The van der Waals surface area contributed by atoms with Crippen molar-refractivity contribution >= 4 is 17.3 Å². The third-order valence-electron chi connectivity index (χ3n) is 6.87. The summed E-state index contributed by atoms with van der Waals surface area (Å²) in [6.45, 7) is 4.41. The van der Waals surface area contributed by atoms with Gasteiger partial charge < -0.3 is 15.1 Å². The average Bonchev–Trinajstić information content (AvgIpc) is 3.54. The molecule has 0 spiro atoms. The van der Waals surface area contributed by atoms with E-state index in [2.05, 4.69) is 59.0 Å². The van der Waals surface area contributed by atoms with E-state index < -0.39 is 0 Å². The van der Waals surface area contributed by atoms with Crippen molar-refractivity contribution in [3.63, 3.8) is 0 Å². The lowest BCUT2D eigenvalue weighted by Gasteiger charge is -2.34. The van der Waals surface area contributed by atoms with Crippen molar-refractivity contribution in [1.82, 2.24) is 29.8 Å². The van der Waals surface area contributed by atoms with Crippen LogP contribution in [0.5, 0.6) is 0 Å². The second-order valence-corrected chi connectivity index (χ2v) is 9.03. The van der Waals surface area contributed by atoms with Gasteiger partial charge in [0.15, 0.2) is 0 Å². The normalized spacial score (nSPS) is 15.6. The molecule has 36 heavy (non-hydrogen) atoms. The molecule has 0 atom stereocenters. The molecule has 0 saturated carbocycles. The third kappa shape index (κ3) is 4.37. The lowest BCUT2D eigenvalue weighted by atomic mass is 10.0. The molecular weight excluding hydrogens is 452 g/mol. The predicted molar refractivity (Wildman–Crippen MR) is 138 cm³/mol. The van der Waals surface area contributed by atoms with E-state index in [-0.39, 0.29) is 0 Å². The number of nitrogens with one attached hydrogen (secondary N) is 1. The number of nitrogens with zero attached hydrogens (tertiary/aromatic N) is 7. The fourth-order valence-electron chi connectivity index (χ4n) is 5.05. The van der Waals surface area contributed by atoms with Crippen LogP contribution in [-0.4, -0.2) is 67.1 Å². The first-order valence-electron chi connectivity index (χ1n) is 12.1. The van der Waals surface area contributed by atoms with Gasteiger partial charge in [-0.15, -0.1) is 0 Å². The van der Waals surface area contributed by atoms with Gasteiger partial charge in [-0.2, -0.15) is 0 Å². The monoisotopic (exact) mass is 478 g/mol. The van der Waals surface area contributed by atoms with E-state index in [1.165, 1.54) is 5.56 Å². The molecule has 2 N–H and O–H groups in total. The Hall–Kier alpha value is -4.33. The summed E-state index contributed by atoms with van der Waals surface area (Å²) >= 11 is 0. The summed E-state index contributed by atoms with van der Waals surface area (Å²) in [7, 11) is 0. The van der Waals surface area contributed by atoms with E-state index >= 15 is 0 Å². The van der Waals surface area contributed by atoms with Crippen molar-refractivity contribution in [3.8, 4) is 22.5 Å². The maximum Gasteiger partial charge on any atom is 0.147 e. The maximum atomic E-state index is 8.92. The second-order valence-electron chi connectivity index (χ2n) is 9.03. The van der Waals surface area contributed by atoms with Crippen LogP contribution in [0.3, 0.4) is 0 Å². The zero-order valence-corrected chi connectivity index (χ0v) is 19.8. The molecule has 4 aromatic rings. The number of pyridine rings is 1. The number of aryl methyl sites for hydroxylation is 1. The minimum absolute atomic E-state index is 0.747. The van der Waals surface area contributed by atoms with Crippen molar-refractivity contribution in [2.75, 3.05) is 31.1 Å². The van der Waals surface area contributed by atoms with Gasteiger partial charge in [0.1, 0.15) is 11.6 Å². The highest BCUT2D eigenvalue weighted by molar-refractivity contribution is 5.93. The molecule has 1 aliphatic heterocycles. The van der Waals surface area contributed by atoms with Gasteiger partial charge in [-0.05, 0) is 47.3 Å². The van der Waals surface area contributed by atoms with E-state index in [0.29, 0.717) is 0 Å². The van der Waals surface area contributed by atoms with Crippen LogP contribution in [-0.2, 0) is 13.0 Å². The number of allylic oxidation sites excluding steroid dienone is 1. The van der Waals surface area contributed by atoms with E-state index in [0.717, 1.165) is 90.9 Å². The quantitative estimate of drug-likeness (QED) is 0.256. The summed E-state index contributed by atoms with van der Waals surface area (Å²) in [5.41, 5.74) is 7.32. The van der Waals surface area contributed by atoms with E-state index in [9.17, 15) is 0 Å². The number of fused-ring (bicyclic) bond motifs is 1. The van der Waals surface area contributed by atoms with Crippen LogP contribution in [0, 0.1) is 0 Å². The second kappa shape index (κ2) is 9.73. The van der Waals surface area contributed by atoms with Crippen LogP contribution in [0.1, 0.15) is 23.4 Å². The molecule has 1 saturated heterocycles. The average molecular weight is 479 g/mol. The Balaban J connectivity index is 1.27. The highest BCUT2D eigenvalue weighted by Crippen LogP contribution is 2.36. The van der Waals surface area contributed by atoms with Crippen molar-refractivity contribution in [3.05, 3.63) is 78.3 Å². The molecule has 6 rings (SSSR count). The Labute approximate surface area is 208 Å². The summed E-state index contributed by atoms with van der Waals surface area (Å²) in [5, 5.41) is 12.0. The summed E-state index contributed by atoms with van der Waals surface area (Å²) in [6.07, 6.45) is 10.6. The van der Waals surface area contributed by atoms with Gasteiger partial charge >= 0.3 is 0 Å². The summed E-state index contributed by atoms with van der Waals surface area (Å²) < 4.78 is 0. The Morgan fingerprint density at radius 1 is 0.944 bits per heavy atom. The molecule has 1 aromatic carbocycles. The number of H-pyrrole nitrogens is 1. The molecule has 9 heteroatoms. The number of rotatable bonds is 5. The number of aromatic nitrogens is 5. The molecule has 180 valence electrons. The summed E-state index contributed by atoms with van der Waals surface area (Å²) in [6, 6.07) is 10.4. The fraction of sp³-hybridized carbons (Fsp3) is 0.259. The highest BCUT2D eigenvalue weighted by Gasteiger charge is 2.23. The van der Waals surface area contributed by atoms with Gasteiger partial charge in [-0.25, -0.2) is 9.97 Å². The molecule has 0 unspecified atom stereocenters. The van der Waals surface area contributed by atoms with Gasteiger partial charge in [0.25, 0.3) is 0 Å². The molecule has 1 fully saturated rings. The van der Waals surface area contributed by atoms with Crippen LogP contribution in [0.4, 0.5) is 5.82 Å². The van der Waals surface area contributed by atoms with Crippen molar-refractivity contribution in [2.24, 2.45) is 5.16 Å². The Morgan fingerprint density at radius 3 is 2.58 bits per heavy atom. The first kappa shape index (κ1) is 22.2. The molecule has 0 radical (unpaired) electrons. The van der Waals surface area contributed by atoms with Gasteiger partial charge in [0, 0.05) is 73.5 Å². The number of aromatic amines is 1.